The van der Waals surface area contributed by atoms with Crippen LogP contribution in [0.3, 0.4) is 0 Å². The van der Waals surface area contributed by atoms with Gasteiger partial charge in [0.25, 0.3) is 11.5 Å². The first-order chi connectivity index (χ1) is 19.3. The second-order valence-corrected chi connectivity index (χ2v) is 10.3. The molecule has 0 atom stereocenters. The fourth-order valence-corrected chi connectivity index (χ4v) is 5.24. The quantitative estimate of drug-likeness (QED) is 0.354. The Hall–Kier alpha value is -4.64. The summed E-state index contributed by atoms with van der Waals surface area (Å²) in [6.07, 6.45) is 5.74. The number of amides is 1. The molecule has 1 amide bonds. The summed E-state index contributed by atoms with van der Waals surface area (Å²) in [4.78, 5) is 32.8. The van der Waals surface area contributed by atoms with E-state index >= 15 is 0 Å². The second-order valence-electron chi connectivity index (χ2n) is 10.3. The minimum atomic E-state index is -1.18. The highest BCUT2D eigenvalue weighted by atomic mass is 19.1. The van der Waals surface area contributed by atoms with Crippen molar-refractivity contribution in [3.8, 4) is 5.69 Å². The van der Waals surface area contributed by atoms with E-state index in [0.717, 1.165) is 5.56 Å². The van der Waals surface area contributed by atoms with Gasteiger partial charge >= 0.3 is 0 Å². The third-order valence-corrected chi connectivity index (χ3v) is 7.42. The average molecular weight is 542 g/mol. The van der Waals surface area contributed by atoms with Crippen molar-refractivity contribution in [3.63, 3.8) is 0 Å². The first-order valence-electron chi connectivity index (χ1n) is 13.1. The number of carbonyl (C=O) groups excluding carboxylic acids is 1. The number of rotatable bonds is 6. The molecular formula is C29H28FN7O3. The van der Waals surface area contributed by atoms with Gasteiger partial charge in [0.05, 0.1) is 35.3 Å². The summed E-state index contributed by atoms with van der Waals surface area (Å²) in [5.74, 6) is -0.487. The predicted octanol–water partition coefficient (Wildman–Crippen LogP) is 2.71. The molecule has 4 heterocycles. The average Bonchev–Trinajstić information content (AvgIpc) is 3.55. The maximum Gasteiger partial charge on any atom is 0.264 e. The second kappa shape index (κ2) is 10.2. The molecule has 0 spiro atoms. The van der Waals surface area contributed by atoms with Gasteiger partial charge in [0.2, 0.25) is 0 Å². The zero-order valence-corrected chi connectivity index (χ0v) is 21.9. The number of hydrogen-bond donors (Lipinski definition) is 1. The lowest BCUT2D eigenvalue weighted by Crippen LogP contribution is -2.49. The van der Waals surface area contributed by atoms with Crippen LogP contribution in [-0.2, 0) is 20.0 Å². The first-order valence-corrected chi connectivity index (χ1v) is 13.1. The van der Waals surface area contributed by atoms with Gasteiger partial charge in [-0.15, -0.1) is 0 Å². The monoisotopic (exact) mass is 541 g/mol. The van der Waals surface area contributed by atoms with E-state index < -0.39 is 5.60 Å². The predicted molar refractivity (Wildman–Crippen MR) is 146 cm³/mol. The minimum absolute atomic E-state index is 0.0463. The summed E-state index contributed by atoms with van der Waals surface area (Å²) in [6, 6.07) is 15.6. The molecule has 1 fully saturated rings. The molecule has 0 unspecified atom stereocenters. The van der Waals surface area contributed by atoms with Gasteiger partial charge in [0, 0.05) is 32.8 Å². The molecule has 3 aromatic heterocycles. The molecule has 11 heteroatoms. The molecule has 6 rings (SSSR count). The van der Waals surface area contributed by atoms with E-state index in [1.807, 2.05) is 30.3 Å². The van der Waals surface area contributed by atoms with E-state index in [4.69, 9.17) is 0 Å². The van der Waals surface area contributed by atoms with E-state index in [-0.39, 0.29) is 23.8 Å². The molecule has 10 nitrogen and oxygen atoms in total. The van der Waals surface area contributed by atoms with Crippen LogP contribution in [0.5, 0.6) is 0 Å². The third-order valence-electron chi connectivity index (χ3n) is 7.42. The van der Waals surface area contributed by atoms with Crippen LogP contribution in [-0.4, -0.2) is 63.7 Å². The van der Waals surface area contributed by atoms with Crippen molar-refractivity contribution >= 4 is 16.9 Å². The topological polar surface area (TPSA) is 111 Å². The Morgan fingerprint density at radius 3 is 2.52 bits per heavy atom. The van der Waals surface area contributed by atoms with Crippen LogP contribution in [0.25, 0.3) is 16.7 Å². The highest BCUT2D eigenvalue weighted by Gasteiger charge is 2.36. The van der Waals surface area contributed by atoms with Gasteiger partial charge in [0.1, 0.15) is 17.5 Å². The van der Waals surface area contributed by atoms with Crippen molar-refractivity contribution in [1.29, 1.82) is 0 Å². The van der Waals surface area contributed by atoms with Gasteiger partial charge in [-0.25, -0.2) is 14.1 Å². The number of carbonyl (C=O) groups is 1. The number of fused-ring (bicyclic) bond motifs is 1. The van der Waals surface area contributed by atoms with E-state index in [1.165, 1.54) is 33.9 Å². The van der Waals surface area contributed by atoms with Gasteiger partial charge < -0.3 is 10.0 Å². The van der Waals surface area contributed by atoms with E-state index in [0.29, 0.717) is 60.3 Å². The number of likely N-dealkylation sites (tertiary alicyclic amines) is 1. The number of benzene rings is 2. The van der Waals surface area contributed by atoms with E-state index in [2.05, 4.69) is 15.2 Å². The van der Waals surface area contributed by atoms with Gasteiger partial charge in [-0.3, -0.25) is 18.8 Å². The largest absolute Gasteiger partial charge is 0.388 e. The lowest BCUT2D eigenvalue weighted by atomic mass is 9.90. The maximum absolute atomic E-state index is 13.4. The Balaban J connectivity index is 1.16. The molecule has 1 aliphatic heterocycles. The summed E-state index contributed by atoms with van der Waals surface area (Å²) in [7, 11) is 1.80. The molecule has 204 valence electrons. The number of piperidine rings is 1. The summed E-state index contributed by atoms with van der Waals surface area (Å²) >= 11 is 0. The lowest BCUT2D eigenvalue weighted by Gasteiger charge is -2.38. The Morgan fingerprint density at radius 1 is 1.07 bits per heavy atom. The van der Waals surface area contributed by atoms with Crippen LogP contribution in [0.1, 0.15) is 34.5 Å². The molecule has 0 saturated carbocycles. The lowest BCUT2D eigenvalue weighted by molar-refractivity contribution is -0.0299. The number of hydrogen-bond acceptors (Lipinski definition) is 6. The molecule has 1 aliphatic rings. The van der Waals surface area contributed by atoms with Crippen LogP contribution in [0, 0.1) is 5.82 Å². The summed E-state index contributed by atoms with van der Waals surface area (Å²) in [6.45, 7) is 0.745. The molecule has 40 heavy (non-hydrogen) atoms. The molecule has 0 radical (unpaired) electrons. The minimum Gasteiger partial charge on any atom is -0.388 e. The maximum atomic E-state index is 13.4. The molecule has 5 aromatic rings. The van der Waals surface area contributed by atoms with Gasteiger partial charge in [-0.05, 0) is 42.7 Å². The number of aryl methyl sites for hydroxylation is 1. The van der Waals surface area contributed by atoms with Gasteiger partial charge in [-0.1, -0.05) is 30.3 Å². The Morgan fingerprint density at radius 2 is 1.80 bits per heavy atom. The smallest absolute Gasteiger partial charge is 0.264 e. The molecular weight excluding hydrogens is 513 g/mol. The third kappa shape index (κ3) is 4.91. The van der Waals surface area contributed by atoms with Crippen LogP contribution < -0.4 is 5.56 Å². The van der Waals surface area contributed by atoms with Crippen LogP contribution in [0.2, 0.25) is 0 Å². The van der Waals surface area contributed by atoms with Crippen LogP contribution >= 0.6 is 0 Å². The molecule has 0 aliphatic carbocycles. The standard InChI is InChI=1S/C29H28FN7O3/c1-34-17-24(25(33-34)15-20-5-3-2-4-6-20)28(39)35-13-11-29(40,12-14-35)18-36-19-31-26-23(27(36)38)16-32-37(26)22-9-7-21(30)8-10-22/h2-10,16-17,19,40H,11-15,18H2,1H3. The number of aromatic nitrogens is 6. The highest BCUT2D eigenvalue weighted by molar-refractivity contribution is 5.95. The SMILES string of the molecule is Cn1cc(C(=O)N2CCC(O)(Cn3cnc4c(cnn4-c4ccc(F)cc4)c3=O)CC2)c(Cc2ccccc2)n1. The van der Waals surface area contributed by atoms with Crippen molar-refractivity contribution in [3.05, 3.63) is 106 Å². The summed E-state index contributed by atoms with van der Waals surface area (Å²) in [5, 5.41) is 20.4. The number of aliphatic hydroxyl groups is 1. The van der Waals surface area contributed by atoms with E-state index in [9.17, 15) is 19.1 Å². The van der Waals surface area contributed by atoms with Crippen molar-refractivity contribution in [2.75, 3.05) is 13.1 Å². The van der Waals surface area contributed by atoms with Gasteiger partial charge in [-0.2, -0.15) is 10.2 Å². The van der Waals surface area contributed by atoms with E-state index in [1.54, 1.807) is 35.0 Å². The summed E-state index contributed by atoms with van der Waals surface area (Å²) < 4.78 is 17.8. The fourth-order valence-electron chi connectivity index (χ4n) is 5.24. The van der Waals surface area contributed by atoms with Crippen molar-refractivity contribution < 1.29 is 14.3 Å². The first kappa shape index (κ1) is 25.6. The molecule has 1 saturated heterocycles. The van der Waals surface area contributed by atoms with Crippen LogP contribution in [0.4, 0.5) is 4.39 Å². The van der Waals surface area contributed by atoms with Crippen LogP contribution in [0.15, 0.2) is 78.1 Å². The number of halogens is 1. The Bertz CT molecular complexity index is 1730. The normalized spacial score (nSPS) is 15.0. The Labute approximate surface area is 228 Å². The fraction of sp³-hybridized carbons (Fsp3) is 0.276. The zero-order valence-electron chi connectivity index (χ0n) is 21.9. The van der Waals surface area contributed by atoms with Gasteiger partial charge in [0.15, 0.2) is 5.65 Å². The van der Waals surface area contributed by atoms with Crippen molar-refractivity contribution in [2.45, 2.75) is 31.4 Å². The van der Waals surface area contributed by atoms with Crippen molar-refractivity contribution in [2.24, 2.45) is 7.05 Å². The molecule has 0 bridgehead atoms. The Kier molecular flexibility index (Phi) is 6.51. The number of nitrogens with zero attached hydrogens (tertiary/aromatic N) is 7. The molecule has 1 N–H and O–H groups in total. The van der Waals surface area contributed by atoms with Crippen molar-refractivity contribution in [1.82, 2.24) is 34.0 Å². The molecule has 2 aromatic carbocycles. The highest BCUT2D eigenvalue weighted by Crippen LogP contribution is 2.26. The zero-order chi connectivity index (χ0) is 27.9. The summed E-state index contributed by atoms with van der Waals surface area (Å²) in [5.41, 5.74) is 1.77.